The molecule has 2 rings (SSSR count). The summed E-state index contributed by atoms with van der Waals surface area (Å²) < 4.78 is 13.1. The van der Waals surface area contributed by atoms with Crippen LogP contribution in [0.15, 0.2) is 36.4 Å². The van der Waals surface area contributed by atoms with Crippen LogP contribution >= 0.6 is 11.6 Å². The van der Waals surface area contributed by atoms with Gasteiger partial charge in [0.05, 0.1) is 10.6 Å². The van der Waals surface area contributed by atoms with Gasteiger partial charge in [0.25, 0.3) is 0 Å². The third kappa shape index (κ3) is 3.19. The number of nitrogens with one attached hydrogen (secondary N) is 1. The van der Waals surface area contributed by atoms with Crippen molar-refractivity contribution in [1.29, 1.82) is 0 Å². The molecule has 4 nitrogen and oxygen atoms in total. The predicted molar refractivity (Wildman–Crippen MR) is 73.8 cm³/mol. The minimum atomic E-state index is -1.13. The van der Waals surface area contributed by atoms with Gasteiger partial charge in [-0.05, 0) is 36.4 Å². The summed E-state index contributed by atoms with van der Waals surface area (Å²) in [6, 6.07) is 8.06. The minimum Gasteiger partial charge on any atom is -0.508 e. The SMILES string of the molecule is O=C(O)c1cc(NCc2cc(F)ccc2O)ccc1Cl. The number of aromatic carboxylic acids is 1. The molecule has 0 unspecified atom stereocenters. The van der Waals surface area contributed by atoms with Gasteiger partial charge in [0.1, 0.15) is 11.6 Å². The fraction of sp³-hybridized carbons (Fsp3) is 0.0714. The van der Waals surface area contributed by atoms with Gasteiger partial charge in [-0.2, -0.15) is 0 Å². The van der Waals surface area contributed by atoms with E-state index in [1.165, 1.54) is 24.3 Å². The van der Waals surface area contributed by atoms with Crippen LogP contribution in [-0.2, 0) is 6.54 Å². The second kappa shape index (κ2) is 5.79. The number of benzene rings is 2. The number of carboxylic acid groups (broad SMARTS) is 1. The smallest absolute Gasteiger partial charge is 0.337 e. The molecule has 0 heterocycles. The van der Waals surface area contributed by atoms with E-state index < -0.39 is 11.8 Å². The van der Waals surface area contributed by atoms with Crippen molar-refractivity contribution < 1.29 is 19.4 Å². The summed E-state index contributed by atoms with van der Waals surface area (Å²) in [6.07, 6.45) is 0. The lowest BCUT2D eigenvalue weighted by Gasteiger charge is -2.09. The molecule has 0 saturated carbocycles. The Morgan fingerprint density at radius 3 is 2.70 bits per heavy atom. The van der Waals surface area contributed by atoms with Crippen LogP contribution in [0.1, 0.15) is 15.9 Å². The van der Waals surface area contributed by atoms with Crippen molar-refractivity contribution in [3.63, 3.8) is 0 Å². The quantitative estimate of drug-likeness (QED) is 0.807. The molecule has 3 N–H and O–H groups in total. The molecule has 104 valence electrons. The zero-order chi connectivity index (χ0) is 14.7. The van der Waals surface area contributed by atoms with Crippen molar-refractivity contribution in [2.24, 2.45) is 0 Å². The lowest BCUT2D eigenvalue weighted by atomic mass is 10.1. The van der Waals surface area contributed by atoms with Gasteiger partial charge in [0, 0.05) is 17.8 Å². The first kappa shape index (κ1) is 14.1. The third-order valence-electron chi connectivity index (χ3n) is 2.72. The van der Waals surface area contributed by atoms with Gasteiger partial charge < -0.3 is 15.5 Å². The van der Waals surface area contributed by atoms with Crippen molar-refractivity contribution in [3.8, 4) is 5.75 Å². The molecule has 0 aliphatic rings. The second-order valence-corrected chi connectivity index (χ2v) is 4.53. The van der Waals surface area contributed by atoms with E-state index in [1.807, 2.05) is 0 Å². The standard InChI is InChI=1S/C14H11ClFNO3/c15-12-3-2-10(6-11(12)14(19)20)17-7-8-5-9(16)1-4-13(8)18/h1-6,17-18H,7H2,(H,19,20). The van der Waals surface area contributed by atoms with Gasteiger partial charge in [-0.15, -0.1) is 0 Å². The van der Waals surface area contributed by atoms with E-state index in [0.717, 1.165) is 6.07 Å². The number of hydrogen-bond donors (Lipinski definition) is 3. The van der Waals surface area contributed by atoms with Gasteiger partial charge in [0.15, 0.2) is 0 Å². The third-order valence-corrected chi connectivity index (χ3v) is 3.05. The van der Waals surface area contributed by atoms with Gasteiger partial charge in [0.2, 0.25) is 0 Å². The zero-order valence-corrected chi connectivity index (χ0v) is 11.0. The second-order valence-electron chi connectivity index (χ2n) is 4.13. The zero-order valence-electron chi connectivity index (χ0n) is 10.2. The number of rotatable bonds is 4. The molecule has 6 heteroatoms. The van der Waals surface area contributed by atoms with Gasteiger partial charge in [-0.25, -0.2) is 9.18 Å². The summed E-state index contributed by atoms with van der Waals surface area (Å²) in [6.45, 7) is 0.157. The Kier molecular flexibility index (Phi) is 4.10. The summed E-state index contributed by atoms with van der Waals surface area (Å²) in [5.74, 6) is -1.62. The maximum atomic E-state index is 13.1. The first-order valence-corrected chi connectivity index (χ1v) is 6.09. The molecular weight excluding hydrogens is 285 g/mol. The first-order valence-electron chi connectivity index (χ1n) is 5.71. The van der Waals surface area contributed by atoms with Crippen molar-refractivity contribution in [2.75, 3.05) is 5.32 Å². The summed E-state index contributed by atoms with van der Waals surface area (Å²) in [4.78, 5) is 10.9. The molecule has 0 radical (unpaired) electrons. The number of carboxylic acids is 1. The maximum Gasteiger partial charge on any atom is 0.337 e. The first-order chi connectivity index (χ1) is 9.47. The highest BCUT2D eigenvalue weighted by Gasteiger charge is 2.09. The average molecular weight is 296 g/mol. The molecule has 0 bridgehead atoms. The number of aromatic hydroxyl groups is 1. The molecule has 0 atom stereocenters. The molecule has 0 amide bonds. The number of anilines is 1. The van der Waals surface area contributed by atoms with Crippen molar-refractivity contribution in [2.45, 2.75) is 6.54 Å². The Bertz CT molecular complexity index is 661. The van der Waals surface area contributed by atoms with Crippen LogP contribution in [0.4, 0.5) is 10.1 Å². The highest BCUT2D eigenvalue weighted by Crippen LogP contribution is 2.23. The Balaban J connectivity index is 2.17. The van der Waals surface area contributed by atoms with E-state index in [-0.39, 0.29) is 22.9 Å². The largest absolute Gasteiger partial charge is 0.508 e. The molecule has 0 fully saturated rings. The summed E-state index contributed by atoms with van der Waals surface area (Å²) in [7, 11) is 0. The molecule has 0 aliphatic heterocycles. The molecule has 2 aromatic carbocycles. The number of carbonyl (C=O) groups is 1. The molecule has 0 saturated heterocycles. The van der Waals surface area contributed by atoms with Gasteiger partial charge in [-0.1, -0.05) is 11.6 Å². The van der Waals surface area contributed by atoms with Crippen molar-refractivity contribution in [1.82, 2.24) is 0 Å². The van der Waals surface area contributed by atoms with Crippen LogP contribution in [0.3, 0.4) is 0 Å². The molecule has 0 spiro atoms. The number of halogens is 2. The normalized spacial score (nSPS) is 10.3. The van der Waals surface area contributed by atoms with Crippen LogP contribution in [0, 0.1) is 5.82 Å². The maximum absolute atomic E-state index is 13.1. The summed E-state index contributed by atoms with van der Waals surface area (Å²) in [5.41, 5.74) is 0.854. The highest BCUT2D eigenvalue weighted by molar-refractivity contribution is 6.33. The fourth-order valence-electron chi connectivity index (χ4n) is 1.69. The van der Waals surface area contributed by atoms with Crippen LogP contribution < -0.4 is 5.32 Å². The Labute approximate surface area is 119 Å². The van der Waals surface area contributed by atoms with Crippen LogP contribution in [0.5, 0.6) is 5.75 Å². The Morgan fingerprint density at radius 2 is 2.00 bits per heavy atom. The van der Waals surface area contributed by atoms with Gasteiger partial charge in [-0.3, -0.25) is 0 Å². The van der Waals surface area contributed by atoms with E-state index >= 15 is 0 Å². The Morgan fingerprint density at radius 1 is 1.25 bits per heavy atom. The monoisotopic (exact) mass is 295 g/mol. The summed E-state index contributed by atoms with van der Waals surface area (Å²) in [5, 5.41) is 21.6. The van der Waals surface area contributed by atoms with E-state index in [0.29, 0.717) is 11.3 Å². The van der Waals surface area contributed by atoms with E-state index in [4.69, 9.17) is 16.7 Å². The predicted octanol–water partition coefficient (Wildman–Crippen LogP) is 3.50. The van der Waals surface area contributed by atoms with Gasteiger partial charge >= 0.3 is 5.97 Å². The molecule has 0 aliphatic carbocycles. The lowest BCUT2D eigenvalue weighted by Crippen LogP contribution is -2.03. The minimum absolute atomic E-state index is 0.0277. The van der Waals surface area contributed by atoms with Crippen molar-refractivity contribution >= 4 is 23.3 Å². The Hall–Kier alpha value is -2.27. The number of phenolic OH excluding ortho intramolecular Hbond substituents is 1. The van der Waals surface area contributed by atoms with E-state index in [1.54, 1.807) is 6.07 Å². The van der Waals surface area contributed by atoms with E-state index in [9.17, 15) is 14.3 Å². The fourth-order valence-corrected chi connectivity index (χ4v) is 1.89. The molecule has 20 heavy (non-hydrogen) atoms. The lowest BCUT2D eigenvalue weighted by molar-refractivity contribution is 0.0697. The van der Waals surface area contributed by atoms with Crippen molar-refractivity contribution in [3.05, 3.63) is 58.4 Å². The van der Waals surface area contributed by atoms with E-state index in [2.05, 4.69) is 5.32 Å². The summed E-state index contributed by atoms with van der Waals surface area (Å²) >= 11 is 5.76. The number of phenols is 1. The molecule has 0 aromatic heterocycles. The average Bonchev–Trinajstić information content (AvgIpc) is 2.41. The number of hydrogen-bond acceptors (Lipinski definition) is 3. The van der Waals surface area contributed by atoms with Crippen LogP contribution in [0.2, 0.25) is 5.02 Å². The topological polar surface area (TPSA) is 69.6 Å². The molecule has 2 aromatic rings. The van der Waals surface area contributed by atoms with Crippen LogP contribution in [-0.4, -0.2) is 16.2 Å². The molecular formula is C14H11ClFNO3. The highest BCUT2D eigenvalue weighted by atomic mass is 35.5. The van der Waals surface area contributed by atoms with Crippen LogP contribution in [0.25, 0.3) is 0 Å².